The lowest BCUT2D eigenvalue weighted by atomic mass is 10.2. The van der Waals surface area contributed by atoms with Crippen molar-refractivity contribution in [2.75, 3.05) is 30.1 Å². The van der Waals surface area contributed by atoms with Gasteiger partial charge in [0.1, 0.15) is 23.3 Å². The fourth-order valence-electron chi connectivity index (χ4n) is 2.89. The summed E-state index contributed by atoms with van der Waals surface area (Å²) in [7, 11) is -0.916. The van der Waals surface area contributed by atoms with Crippen LogP contribution >= 0.6 is 0 Å². The van der Waals surface area contributed by atoms with Gasteiger partial charge in [-0.2, -0.15) is 0 Å². The minimum absolute atomic E-state index is 0.0339. The first-order valence-corrected chi connectivity index (χ1v) is 11.2. The van der Waals surface area contributed by atoms with Crippen LogP contribution in [0.25, 0.3) is 0 Å². The number of anilines is 2. The van der Waals surface area contributed by atoms with Crippen molar-refractivity contribution in [1.82, 2.24) is 0 Å². The lowest BCUT2D eigenvalue weighted by Gasteiger charge is -2.29. The number of sulfonamides is 1. The molecular weight excluding hydrogens is 408 g/mol. The van der Waals surface area contributed by atoms with Crippen LogP contribution in [0.3, 0.4) is 0 Å². The van der Waals surface area contributed by atoms with Crippen molar-refractivity contribution in [2.24, 2.45) is 0 Å². The second kappa shape index (κ2) is 9.71. The minimum atomic E-state index is -3.82. The van der Waals surface area contributed by atoms with Gasteiger partial charge in [-0.25, -0.2) is 8.42 Å². The van der Waals surface area contributed by atoms with Crippen molar-refractivity contribution >= 4 is 27.3 Å². The minimum Gasteiger partial charge on any atom is -0.497 e. The molecule has 0 heterocycles. The van der Waals surface area contributed by atoms with Crippen LogP contribution in [-0.4, -0.2) is 46.9 Å². The van der Waals surface area contributed by atoms with Crippen molar-refractivity contribution in [3.63, 3.8) is 0 Å². The molecule has 0 spiro atoms. The van der Waals surface area contributed by atoms with Gasteiger partial charge in [-0.05, 0) is 57.2 Å². The Balaban J connectivity index is 2.32. The van der Waals surface area contributed by atoms with E-state index < -0.39 is 22.0 Å². The molecule has 0 aliphatic rings. The van der Waals surface area contributed by atoms with Gasteiger partial charge in [-0.15, -0.1) is 0 Å². The molecule has 1 N–H and O–H groups in total. The number of methoxy groups -OCH3 is 2. The number of carbonyl (C=O) groups excluding carboxylic acids is 1. The maximum Gasteiger partial charge on any atom is 0.247 e. The van der Waals surface area contributed by atoms with Gasteiger partial charge >= 0.3 is 0 Å². The Bertz CT molecular complexity index is 973. The van der Waals surface area contributed by atoms with E-state index >= 15 is 0 Å². The summed E-state index contributed by atoms with van der Waals surface area (Å²) in [5, 5.41) is 2.74. The van der Waals surface area contributed by atoms with E-state index in [4.69, 9.17) is 14.2 Å². The SMILES string of the molecule is COc1ccc(OC)c(N([C@H](C)C(=O)Nc2ccc(OC(C)C)cc2)S(C)(=O)=O)c1. The highest BCUT2D eigenvalue weighted by atomic mass is 32.2. The van der Waals surface area contributed by atoms with Crippen LogP contribution in [0, 0.1) is 0 Å². The third kappa shape index (κ3) is 5.79. The highest BCUT2D eigenvalue weighted by Gasteiger charge is 2.31. The smallest absolute Gasteiger partial charge is 0.247 e. The van der Waals surface area contributed by atoms with Crippen molar-refractivity contribution in [3.05, 3.63) is 42.5 Å². The molecule has 1 atom stereocenters. The molecule has 30 heavy (non-hydrogen) atoms. The second-order valence-electron chi connectivity index (χ2n) is 6.95. The highest BCUT2D eigenvalue weighted by molar-refractivity contribution is 7.92. The summed E-state index contributed by atoms with van der Waals surface area (Å²) in [6.45, 7) is 5.35. The highest BCUT2D eigenvalue weighted by Crippen LogP contribution is 2.35. The molecule has 0 fully saturated rings. The standard InChI is InChI=1S/C21H28N2O6S/c1-14(2)29-17-9-7-16(8-10-17)22-21(24)15(3)23(30(6,25)26)19-13-18(27-4)11-12-20(19)28-5/h7-15H,1-6H3,(H,22,24)/t15-/m1/s1. The Hall–Kier alpha value is -2.94. The largest absolute Gasteiger partial charge is 0.497 e. The van der Waals surface area contributed by atoms with E-state index in [1.807, 2.05) is 13.8 Å². The summed E-state index contributed by atoms with van der Waals surface area (Å²) in [6.07, 6.45) is 1.07. The molecular formula is C21H28N2O6S. The maximum atomic E-state index is 12.9. The molecule has 2 aromatic carbocycles. The first-order chi connectivity index (χ1) is 14.1. The van der Waals surface area contributed by atoms with Crippen LogP contribution in [0.1, 0.15) is 20.8 Å². The molecule has 0 aromatic heterocycles. The first kappa shape index (κ1) is 23.3. The first-order valence-electron chi connectivity index (χ1n) is 9.35. The monoisotopic (exact) mass is 436 g/mol. The predicted octanol–water partition coefficient (Wildman–Crippen LogP) is 3.28. The summed E-state index contributed by atoms with van der Waals surface area (Å²) >= 11 is 0. The molecule has 8 nitrogen and oxygen atoms in total. The lowest BCUT2D eigenvalue weighted by molar-refractivity contribution is -0.116. The fourth-order valence-corrected chi connectivity index (χ4v) is 4.06. The van der Waals surface area contributed by atoms with Crippen LogP contribution in [0.4, 0.5) is 11.4 Å². The van der Waals surface area contributed by atoms with Gasteiger partial charge < -0.3 is 19.5 Å². The zero-order valence-electron chi connectivity index (χ0n) is 18.0. The van der Waals surface area contributed by atoms with E-state index in [1.54, 1.807) is 36.4 Å². The van der Waals surface area contributed by atoms with Crippen molar-refractivity contribution in [2.45, 2.75) is 32.9 Å². The van der Waals surface area contributed by atoms with Gasteiger partial charge in [-0.3, -0.25) is 9.10 Å². The molecule has 0 aliphatic heterocycles. The van der Waals surface area contributed by atoms with Crippen LogP contribution in [0.2, 0.25) is 0 Å². The van der Waals surface area contributed by atoms with E-state index in [0.29, 0.717) is 22.9 Å². The van der Waals surface area contributed by atoms with Gasteiger partial charge in [0.05, 0.1) is 32.3 Å². The Morgan fingerprint density at radius 1 is 0.967 bits per heavy atom. The van der Waals surface area contributed by atoms with Crippen LogP contribution in [-0.2, 0) is 14.8 Å². The lowest BCUT2D eigenvalue weighted by Crippen LogP contribution is -2.45. The Morgan fingerprint density at radius 3 is 2.07 bits per heavy atom. The van der Waals surface area contributed by atoms with Crippen LogP contribution in [0.15, 0.2) is 42.5 Å². The molecule has 0 saturated carbocycles. The third-order valence-electron chi connectivity index (χ3n) is 4.21. The summed E-state index contributed by atoms with van der Waals surface area (Å²) in [5.41, 5.74) is 0.733. The number of ether oxygens (including phenoxy) is 3. The normalized spacial score (nSPS) is 12.2. The van der Waals surface area contributed by atoms with Gasteiger partial charge in [0.2, 0.25) is 15.9 Å². The van der Waals surface area contributed by atoms with E-state index in [-0.39, 0.29) is 11.8 Å². The number of benzene rings is 2. The number of amides is 1. The van der Waals surface area contributed by atoms with Gasteiger partial charge in [0.15, 0.2) is 0 Å². The Morgan fingerprint density at radius 2 is 1.57 bits per heavy atom. The van der Waals surface area contributed by atoms with Crippen LogP contribution in [0.5, 0.6) is 17.2 Å². The molecule has 0 radical (unpaired) electrons. The van der Waals surface area contributed by atoms with E-state index in [0.717, 1.165) is 10.6 Å². The zero-order chi connectivity index (χ0) is 22.5. The molecule has 9 heteroatoms. The van der Waals surface area contributed by atoms with Crippen molar-refractivity contribution < 1.29 is 27.4 Å². The summed E-state index contributed by atoms with van der Waals surface area (Å²) in [4.78, 5) is 12.9. The molecule has 0 unspecified atom stereocenters. The molecule has 0 saturated heterocycles. The number of carbonyl (C=O) groups is 1. The average molecular weight is 437 g/mol. The Labute approximate surface area is 177 Å². The number of nitrogens with zero attached hydrogens (tertiary/aromatic N) is 1. The molecule has 1 amide bonds. The molecule has 0 aliphatic carbocycles. The van der Waals surface area contributed by atoms with Gasteiger partial charge in [-0.1, -0.05) is 0 Å². The van der Waals surface area contributed by atoms with Crippen LogP contribution < -0.4 is 23.8 Å². The van der Waals surface area contributed by atoms with E-state index in [9.17, 15) is 13.2 Å². The molecule has 0 bridgehead atoms. The van der Waals surface area contributed by atoms with Crippen molar-refractivity contribution in [3.8, 4) is 17.2 Å². The molecule has 2 rings (SSSR count). The third-order valence-corrected chi connectivity index (χ3v) is 5.43. The quantitative estimate of drug-likeness (QED) is 0.648. The van der Waals surface area contributed by atoms with Crippen molar-refractivity contribution in [1.29, 1.82) is 0 Å². The summed E-state index contributed by atoms with van der Waals surface area (Å²) < 4.78 is 42.3. The molecule has 2 aromatic rings. The fraction of sp³-hybridized carbons (Fsp3) is 0.381. The number of rotatable bonds is 9. The predicted molar refractivity (Wildman–Crippen MR) is 117 cm³/mol. The van der Waals surface area contributed by atoms with E-state index in [2.05, 4.69) is 5.32 Å². The number of nitrogens with one attached hydrogen (secondary N) is 1. The molecule has 164 valence electrons. The summed E-state index contributed by atoms with van der Waals surface area (Å²) in [5.74, 6) is 0.918. The second-order valence-corrected chi connectivity index (χ2v) is 8.81. The number of hydrogen-bond donors (Lipinski definition) is 1. The maximum absolute atomic E-state index is 12.9. The summed E-state index contributed by atoms with van der Waals surface area (Å²) in [6, 6.07) is 10.6. The Kier molecular flexibility index (Phi) is 7.55. The average Bonchev–Trinajstić information content (AvgIpc) is 2.68. The topological polar surface area (TPSA) is 94.2 Å². The van der Waals surface area contributed by atoms with E-state index in [1.165, 1.54) is 27.2 Å². The van der Waals surface area contributed by atoms with Gasteiger partial charge in [0.25, 0.3) is 0 Å². The number of hydrogen-bond acceptors (Lipinski definition) is 6. The zero-order valence-corrected chi connectivity index (χ0v) is 18.8. The van der Waals surface area contributed by atoms with Gasteiger partial charge in [0, 0.05) is 11.8 Å².